The van der Waals surface area contributed by atoms with E-state index in [2.05, 4.69) is 45.5 Å². The number of fused-ring (bicyclic) bond motifs is 1. The number of hydrogen-bond acceptors (Lipinski definition) is 4. The molecule has 0 fully saturated rings. The van der Waals surface area contributed by atoms with Crippen molar-refractivity contribution in [1.29, 1.82) is 0 Å². The molecule has 0 saturated carbocycles. The van der Waals surface area contributed by atoms with Gasteiger partial charge in [-0.05, 0) is 22.0 Å². The van der Waals surface area contributed by atoms with Crippen molar-refractivity contribution in [2.75, 3.05) is 12.3 Å². The minimum atomic E-state index is -1.04. The third kappa shape index (κ3) is 3.55. The molecule has 0 aromatic carbocycles. The Bertz CT molecular complexity index is 579. The summed E-state index contributed by atoms with van der Waals surface area (Å²) in [6, 6.07) is 1.16. The van der Waals surface area contributed by atoms with Crippen LogP contribution in [0.2, 0.25) is 25.7 Å². The summed E-state index contributed by atoms with van der Waals surface area (Å²) in [5.74, 6) is 0.444. The standard InChI is InChI=1S/C12H19BrN4OSi/c1-19(2,3)5-4-18-8-17-7-16-10-11(17)9(13)6-15-12(10)14/h6-7H,4-5,8H2,1-3H3,(H2,14,15). The molecule has 0 aliphatic heterocycles. The molecule has 2 aromatic heterocycles. The molecule has 0 aliphatic rings. The van der Waals surface area contributed by atoms with Crippen LogP contribution in [0.15, 0.2) is 17.0 Å². The van der Waals surface area contributed by atoms with E-state index in [0.717, 1.165) is 22.6 Å². The average molecular weight is 343 g/mol. The number of halogens is 1. The SMILES string of the molecule is C[Si](C)(C)CCOCn1cnc2c(N)ncc(Br)c21. The Morgan fingerprint density at radius 3 is 2.79 bits per heavy atom. The second-order valence-electron chi connectivity index (χ2n) is 5.75. The molecule has 0 spiro atoms. The first kappa shape index (κ1) is 14.5. The van der Waals surface area contributed by atoms with Crippen LogP contribution >= 0.6 is 15.9 Å². The van der Waals surface area contributed by atoms with E-state index in [-0.39, 0.29) is 0 Å². The number of pyridine rings is 1. The van der Waals surface area contributed by atoms with Gasteiger partial charge in [0.25, 0.3) is 0 Å². The lowest BCUT2D eigenvalue weighted by atomic mass is 10.4. The predicted molar refractivity (Wildman–Crippen MR) is 83.7 cm³/mol. The van der Waals surface area contributed by atoms with Crippen LogP contribution in [0.1, 0.15) is 0 Å². The highest BCUT2D eigenvalue weighted by Crippen LogP contribution is 2.25. The van der Waals surface area contributed by atoms with Gasteiger partial charge in [-0.2, -0.15) is 0 Å². The van der Waals surface area contributed by atoms with Gasteiger partial charge in [0, 0.05) is 20.9 Å². The Hall–Kier alpha value is -0.923. The topological polar surface area (TPSA) is 66.0 Å². The molecule has 0 atom stereocenters. The van der Waals surface area contributed by atoms with E-state index >= 15 is 0 Å². The Morgan fingerprint density at radius 2 is 2.11 bits per heavy atom. The number of nitrogen functional groups attached to an aromatic ring is 1. The predicted octanol–water partition coefficient (Wildman–Crippen LogP) is 3.09. The van der Waals surface area contributed by atoms with Crippen LogP contribution < -0.4 is 5.73 Å². The van der Waals surface area contributed by atoms with Gasteiger partial charge in [0.2, 0.25) is 0 Å². The number of nitrogens with two attached hydrogens (primary N) is 1. The van der Waals surface area contributed by atoms with Crippen LogP contribution in [-0.4, -0.2) is 29.2 Å². The summed E-state index contributed by atoms with van der Waals surface area (Å²) < 4.78 is 8.56. The molecule has 0 unspecified atom stereocenters. The zero-order valence-corrected chi connectivity index (χ0v) is 14.1. The fourth-order valence-electron chi connectivity index (χ4n) is 1.71. The smallest absolute Gasteiger partial charge is 0.151 e. The van der Waals surface area contributed by atoms with Crippen LogP contribution in [0.4, 0.5) is 5.82 Å². The molecule has 2 rings (SSSR count). The summed E-state index contributed by atoms with van der Waals surface area (Å²) in [4.78, 5) is 8.35. The highest BCUT2D eigenvalue weighted by Gasteiger charge is 2.13. The number of ether oxygens (including phenoxy) is 1. The van der Waals surface area contributed by atoms with Gasteiger partial charge in [0.15, 0.2) is 5.82 Å². The Kier molecular flexibility index (Phi) is 4.27. The molecule has 0 radical (unpaired) electrons. The van der Waals surface area contributed by atoms with Crippen LogP contribution in [0, 0.1) is 0 Å². The number of aromatic nitrogens is 3. The second kappa shape index (κ2) is 5.60. The van der Waals surface area contributed by atoms with Crippen molar-refractivity contribution in [2.45, 2.75) is 32.4 Å². The van der Waals surface area contributed by atoms with Crippen molar-refractivity contribution in [1.82, 2.24) is 14.5 Å². The third-order valence-corrected chi connectivity index (χ3v) is 5.13. The minimum absolute atomic E-state index is 0.444. The van der Waals surface area contributed by atoms with Crippen LogP contribution in [0.5, 0.6) is 0 Å². The quantitative estimate of drug-likeness (QED) is 0.669. The van der Waals surface area contributed by atoms with Gasteiger partial charge in [-0.1, -0.05) is 19.6 Å². The highest BCUT2D eigenvalue weighted by atomic mass is 79.9. The molecule has 0 bridgehead atoms. The first-order valence-electron chi connectivity index (χ1n) is 6.21. The maximum Gasteiger partial charge on any atom is 0.151 e. The number of anilines is 1. The van der Waals surface area contributed by atoms with Crippen molar-refractivity contribution in [3.8, 4) is 0 Å². The number of rotatable bonds is 5. The zero-order valence-electron chi connectivity index (χ0n) is 11.5. The van der Waals surface area contributed by atoms with Crippen molar-refractivity contribution >= 4 is 40.9 Å². The van der Waals surface area contributed by atoms with Gasteiger partial charge in [-0.15, -0.1) is 0 Å². The van der Waals surface area contributed by atoms with Gasteiger partial charge in [0.05, 0.1) is 16.3 Å². The van der Waals surface area contributed by atoms with Crippen molar-refractivity contribution in [3.05, 3.63) is 17.0 Å². The lowest BCUT2D eigenvalue weighted by molar-refractivity contribution is 0.0898. The van der Waals surface area contributed by atoms with Crippen LogP contribution in [0.25, 0.3) is 11.0 Å². The first-order valence-corrected chi connectivity index (χ1v) is 10.7. The molecule has 2 aromatic rings. The largest absolute Gasteiger partial charge is 0.382 e. The number of imidazole rings is 1. The lowest BCUT2D eigenvalue weighted by Gasteiger charge is -2.15. The van der Waals surface area contributed by atoms with E-state index < -0.39 is 8.07 Å². The molecule has 19 heavy (non-hydrogen) atoms. The Morgan fingerprint density at radius 1 is 1.37 bits per heavy atom. The van der Waals surface area contributed by atoms with Crippen LogP contribution in [0.3, 0.4) is 0 Å². The zero-order chi connectivity index (χ0) is 14.0. The van der Waals surface area contributed by atoms with E-state index in [9.17, 15) is 0 Å². The molecule has 0 saturated heterocycles. The normalized spacial score (nSPS) is 12.2. The average Bonchev–Trinajstić information content (AvgIpc) is 2.73. The summed E-state index contributed by atoms with van der Waals surface area (Å²) in [6.45, 7) is 8.29. The summed E-state index contributed by atoms with van der Waals surface area (Å²) >= 11 is 3.47. The van der Waals surface area contributed by atoms with Crippen molar-refractivity contribution in [3.63, 3.8) is 0 Å². The Balaban J connectivity index is 2.08. The van der Waals surface area contributed by atoms with Gasteiger partial charge in [-0.25, -0.2) is 9.97 Å². The number of nitrogens with zero attached hydrogens (tertiary/aromatic N) is 3. The Labute approximate surface area is 122 Å². The maximum absolute atomic E-state index is 5.81. The molecule has 0 aliphatic carbocycles. The molecule has 104 valence electrons. The second-order valence-corrected chi connectivity index (χ2v) is 12.2. The monoisotopic (exact) mass is 342 g/mol. The summed E-state index contributed by atoms with van der Waals surface area (Å²) in [5, 5.41) is 0. The third-order valence-electron chi connectivity index (χ3n) is 2.85. The molecule has 2 N–H and O–H groups in total. The first-order chi connectivity index (χ1) is 8.88. The van der Waals surface area contributed by atoms with Crippen molar-refractivity contribution < 1.29 is 4.74 Å². The van der Waals surface area contributed by atoms with E-state index in [0.29, 0.717) is 18.1 Å². The van der Waals surface area contributed by atoms with E-state index in [4.69, 9.17) is 10.5 Å². The summed E-state index contributed by atoms with van der Waals surface area (Å²) in [7, 11) is -1.04. The molecule has 2 heterocycles. The molecule has 0 amide bonds. The molecular weight excluding hydrogens is 324 g/mol. The molecular formula is C12H19BrN4OSi. The summed E-state index contributed by atoms with van der Waals surface area (Å²) in [6.07, 6.45) is 3.43. The van der Waals surface area contributed by atoms with Gasteiger partial charge < -0.3 is 15.0 Å². The fourth-order valence-corrected chi connectivity index (χ4v) is 2.98. The molecule has 5 nitrogen and oxygen atoms in total. The van der Waals surface area contributed by atoms with E-state index in [1.807, 2.05) is 4.57 Å². The summed E-state index contributed by atoms with van der Waals surface area (Å²) in [5.41, 5.74) is 7.45. The maximum atomic E-state index is 5.81. The van der Waals surface area contributed by atoms with E-state index in [1.165, 1.54) is 0 Å². The lowest BCUT2D eigenvalue weighted by Crippen LogP contribution is -2.22. The number of hydrogen-bond donors (Lipinski definition) is 1. The van der Waals surface area contributed by atoms with Gasteiger partial charge >= 0.3 is 0 Å². The van der Waals surface area contributed by atoms with Crippen molar-refractivity contribution in [2.24, 2.45) is 0 Å². The fraction of sp³-hybridized carbons (Fsp3) is 0.500. The van der Waals surface area contributed by atoms with E-state index in [1.54, 1.807) is 12.5 Å². The van der Waals surface area contributed by atoms with Gasteiger partial charge in [-0.3, -0.25) is 0 Å². The highest BCUT2D eigenvalue weighted by molar-refractivity contribution is 9.10. The molecule has 7 heteroatoms. The minimum Gasteiger partial charge on any atom is -0.382 e. The van der Waals surface area contributed by atoms with Crippen LogP contribution in [-0.2, 0) is 11.5 Å². The van der Waals surface area contributed by atoms with Gasteiger partial charge in [0.1, 0.15) is 12.2 Å².